The van der Waals surface area contributed by atoms with Crippen LogP contribution in [0, 0.1) is 0 Å². The Labute approximate surface area is 192 Å². The minimum Gasteiger partial charge on any atom is -0.455 e. The van der Waals surface area contributed by atoms with Crippen LogP contribution in [-0.2, 0) is 6.18 Å². The summed E-state index contributed by atoms with van der Waals surface area (Å²) in [6.07, 6.45) is -2.92. The maximum atomic E-state index is 12.7. The summed E-state index contributed by atoms with van der Waals surface area (Å²) in [7, 11) is 0. The van der Waals surface area contributed by atoms with Crippen molar-refractivity contribution in [1.29, 1.82) is 0 Å². The molecule has 0 saturated carbocycles. The number of halogens is 5. The lowest BCUT2D eigenvalue weighted by atomic mass is 10.1. The molecule has 0 fully saturated rings. The third-order valence-corrected chi connectivity index (χ3v) is 6.78. The first-order chi connectivity index (χ1) is 15.1. The van der Waals surface area contributed by atoms with Crippen LogP contribution in [0.4, 0.5) is 13.2 Å². The average molecular weight is 493 g/mol. The molecule has 9 heteroatoms. The quantitative estimate of drug-likeness (QED) is 0.210. The zero-order valence-electron chi connectivity index (χ0n) is 15.7. The lowest BCUT2D eigenvalue weighted by molar-refractivity contribution is -0.137. The summed E-state index contributed by atoms with van der Waals surface area (Å²) in [5, 5.41) is 0.384. The molecule has 0 saturated heterocycles. The van der Waals surface area contributed by atoms with Crippen molar-refractivity contribution in [2.45, 2.75) is 6.18 Å². The van der Waals surface area contributed by atoms with E-state index in [2.05, 4.69) is 0 Å². The topological polar surface area (TPSA) is 47.3 Å². The van der Waals surface area contributed by atoms with Gasteiger partial charge in [-0.05, 0) is 36.4 Å². The second-order valence-corrected chi connectivity index (χ2v) is 9.02. The molecule has 3 nitrogen and oxygen atoms in total. The molecule has 2 heterocycles. The van der Waals surface area contributed by atoms with E-state index in [1.165, 1.54) is 41.7 Å². The fourth-order valence-electron chi connectivity index (χ4n) is 3.48. The Morgan fingerprint density at radius 1 is 0.875 bits per heavy atom. The maximum absolute atomic E-state index is 12.7. The van der Waals surface area contributed by atoms with Crippen molar-refractivity contribution in [2.24, 2.45) is 0 Å². The van der Waals surface area contributed by atoms with Gasteiger partial charge in [0.1, 0.15) is 11.3 Å². The number of carbonyl (C=O) groups is 2. The SMILES string of the molecule is O=C1C(=Cc2cc3oc(-c4ccc(C(F)(F)F)cc4)cc3s2)C(=O)c2cc(Cl)c(Cl)cc21. The summed E-state index contributed by atoms with van der Waals surface area (Å²) >= 11 is 13.2. The highest BCUT2D eigenvalue weighted by atomic mass is 35.5. The minimum atomic E-state index is -4.41. The fraction of sp³-hybridized carbons (Fsp3) is 0.0435. The van der Waals surface area contributed by atoms with Crippen LogP contribution in [0.3, 0.4) is 0 Å². The molecule has 0 unspecified atom stereocenters. The summed E-state index contributed by atoms with van der Waals surface area (Å²) in [5.41, 5.74) is 0.689. The molecule has 0 bridgehead atoms. The Bertz CT molecular complexity index is 1390. The van der Waals surface area contributed by atoms with Crippen molar-refractivity contribution in [3.8, 4) is 11.3 Å². The molecule has 0 aliphatic heterocycles. The van der Waals surface area contributed by atoms with Gasteiger partial charge < -0.3 is 4.42 Å². The lowest BCUT2D eigenvalue weighted by Crippen LogP contribution is -2.03. The molecule has 1 aliphatic rings. The van der Waals surface area contributed by atoms with Gasteiger partial charge in [-0.25, -0.2) is 0 Å². The van der Waals surface area contributed by atoms with Crippen LogP contribution < -0.4 is 0 Å². The molecule has 4 aromatic rings. The predicted octanol–water partition coefficient (Wildman–Crippen LogP) is 7.95. The Morgan fingerprint density at radius 2 is 1.47 bits per heavy atom. The first-order valence-corrected chi connectivity index (χ1v) is 10.7. The van der Waals surface area contributed by atoms with Gasteiger partial charge in [-0.1, -0.05) is 35.3 Å². The highest BCUT2D eigenvalue weighted by Gasteiger charge is 2.34. The Kier molecular flexibility index (Phi) is 4.81. The van der Waals surface area contributed by atoms with Gasteiger partial charge in [0.15, 0.2) is 11.6 Å². The van der Waals surface area contributed by atoms with Crippen LogP contribution in [0.25, 0.3) is 27.7 Å². The summed E-state index contributed by atoms with van der Waals surface area (Å²) in [6, 6.07) is 10.8. The standard InChI is InChI=1S/C23H9Cl2F3O3S/c24-16-7-13-14(8-17(16)25)22(30)15(21(13)29)5-12-6-19-20(32-12)9-18(31-19)10-1-3-11(4-2-10)23(26,27)28/h1-9H. The van der Waals surface area contributed by atoms with Crippen LogP contribution in [0.5, 0.6) is 0 Å². The number of hydrogen-bond acceptors (Lipinski definition) is 4. The monoisotopic (exact) mass is 492 g/mol. The van der Waals surface area contributed by atoms with Gasteiger partial charge in [0.25, 0.3) is 0 Å². The first kappa shape index (κ1) is 21.0. The molecule has 0 spiro atoms. The summed E-state index contributed by atoms with van der Waals surface area (Å²) < 4.78 is 44.7. The smallest absolute Gasteiger partial charge is 0.416 e. The molecule has 2 aromatic carbocycles. The van der Waals surface area contributed by atoms with Gasteiger partial charge in [0.2, 0.25) is 0 Å². The van der Waals surface area contributed by atoms with Gasteiger partial charge >= 0.3 is 6.18 Å². The van der Waals surface area contributed by atoms with Crippen LogP contribution in [-0.4, -0.2) is 11.6 Å². The number of Topliss-reactive ketones (excluding diaryl/α,β-unsaturated/α-hetero) is 2. The van der Waals surface area contributed by atoms with Crippen molar-refractivity contribution in [3.05, 3.63) is 85.7 Å². The second-order valence-electron chi connectivity index (χ2n) is 7.09. The largest absolute Gasteiger partial charge is 0.455 e. The number of alkyl halides is 3. The summed E-state index contributed by atoms with van der Waals surface area (Å²) in [5.74, 6) is -0.443. The molecule has 5 rings (SSSR count). The zero-order valence-corrected chi connectivity index (χ0v) is 18.0. The number of rotatable bonds is 2. The van der Waals surface area contributed by atoms with E-state index >= 15 is 0 Å². The normalized spacial score (nSPS) is 13.8. The van der Waals surface area contributed by atoms with Crippen LogP contribution in [0.1, 0.15) is 31.2 Å². The number of thiophene rings is 1. The Balaban J connectivity index is 1.46. The molecule has 0 radical (unpaired) electrons. The molecule has 1 aliphatic carbocycles. The van der Waals surface area contributed by atoms with E-state index in [4.69, 9.17) is 27.6 Å². The number of carbonyl (C=O) groups excluding carboxylic acids is 2. The van der Waals surface area contributed by atoms with Crippen LogP contribution in [0.2, 0.25) is 10.0 Å². The van der Waals surface area contributed by atoms with E-state index in [-0.39, 0.29) is 26.7 Å². The van der Waals surface area contributed by atoms with Crippen molar-refractivity contribution >= 4 is 62.5 Å². The van der Waals surface area contributed by atoms with E-state index < -0.39 is 23.3 Å². The summed E-state index contributed by atoms with van der Waals surface area (Å²) in [6.45, 7) is 0. The number of ketones is 2. The second kappa shape index (κ2) is 7.33. The van der Waals surface area contributed by atoms with Gasteiger partial charge in [-0.2, -0.15) is 13.2 Å². The van der Waals surface area contributed by atoms with E-state index in [1.54, 1.807) is 12.1 Å². The fourth-order valence-corrected chi connectivity index (χ4v) is 4.77. The van der Waals surface area contributed by atoms with Crippen molar-refractivity contribution < 1.29 is 27.2 Å². The van der Waals surface area contributed by atoms with Gasteiger partial charge in [0.05, 0.1) is 25.9 Å². The lowest BCUT2D eigenvalue weighted by Gasteiger charge is -2.06. The molecular weight excluding hydrogens is 484 g/mol. The molecule has 160 valence electrons. The molecule has 0 N–H and O–H groups in total. The zero-order chi connectivity index (χ0) is 22.8. The number of hydrogen-bond donors (Lipinski definition) is 0. The van der Waals surface area contributed by atoms with E-state index in [0.717, 1.165) is 16.8 Å². The minimum absolute atomic E-state index is 0.00481. The molecule has 2 aromatic heterocycles. The highest BCUT2D eigenvalue weighted by molar-refractivity contribution is 7.19. The Hall–Kier alpha value is -2.87. The number of furan rings is 1. The maximum Gasteiger partial charge on any atom is 0.416 e. The van der Waals surface area contributed by atoms with E-state index in [0.29, 0.717) is 21.8 Å². The van der Waals surface area contributed by atoms with Gasteiger partial charge in [-0.3, -0.25) is 9.59 Å². The van der Waals surface area contributed by atoms with Crippen molar-refractivity contribution in [3.63, 3.8) is 0 Å². The highest BCUT2D eigenvalue weighted by Crippen LogP contribution is 2.38. The number of fused-ring (bicyclic) bond motifs is 2. The molecular formula is C23H9Cl2F3O3S. The third-order valence-electron chi connectivity index (χ3n) is 5.05. The molecule has 0 atom stereocenters. The van der Waals surface area contributed by atoms with Gasteiger partial charge in [0, 0.05) is 27.6 Å². The number of allylic oxidation sites excluding steroid dienone is 1. The summed E-state index contributed by atoms with van der Waals surface area (Å²) in [4.78, 5) is 26.0. The van der Waals surface area contributed by atoms with Crippen LogP contribution >= 0.6 is 34.5 Å². The molecule has 0 amide bonds. The van der Waals surface area contributed by atoms with E-state index in [1.807, 2.05) is 0 Å². The Morgan fingerprint density at radius 3 is 2.00 bits per heavy atom. The molecule has 32 heavy (non-hydrogen) atoms. The van der Waals surface area contributed by atoms with E-state index in [9.17, 15) is 22.8 Å². The first-order valence-electron chi connectivity index (χ1n) is 9.13. The van der Waals surface area contributed by atoms with Crippen molar-refractivity contribution in [2.75, 3.05) is 0 Å². The van der Waals surface area contributed by atoms with Crippen LogP contribution in [0.15, 0.2) is 58.5 Å². The van der Waals surface area contributed by atoms with Crippen molar-refractivity contribution in [1.82, 2.24) is 0 Å². The predicted molar refractivity (Wildman–Crippen MR) is 118 cm³/mol. The third kappa shape index (κ3) is 3.46. The number of benzene rings is 2. The average Bonchev–Trinajstić information content (AvgIpc) is 3.36. The van der Waals surface area contributed by atoms with Gasteiger partial charge in [-0.15, -0.1) is 11.3 Å².